The maximum atomic E-state index is 12.7. The number of aromatic hydroxyl groups is 1. The lowest BCUT2D eigenvalue weighted by Gasteiger charge is -2.09. The highest BCUT2D eigenvalue weighted by Gasteiger charge is 2.21. The summed E-state index contributed by atoms with van der Waals surface area (Å²) in [6.07, 6.45) is 1.38. The molecule has 0 radical (unpaired) electrons. The second-order valence-corrected chi connectivity index (χ2v) is 9.21. The lowest BCUT2D eigenvalue weighted by atomic mass is 10.2. The Labute approximate surface area is 159 Å². The van der Waals surface area contributed by atoms with Crippen LogP contribution >= 0.6 is 11.3 Å². The summed E-state index contributed by atoms with van der Waals surface area (Å²) in [4.78, 5) is 29.8. The fourth-order valence-corrected chi connectivity index (χ4v) is 4.52. The number of phenolic OH excluding ortho intramolecular Hbond substituents is 1. The first kappa shape index (κ1) is 19.1. The van der Waals surface area contributed by atoms with Crippen LogP contribution in [0.1, 0.15) is 22.2 Å². The van der Waals surface area contributed by atoms with Crippen LogP contribution in [0, 0.1) is 6.92 Å². The summed E-state index contributed by atoms with van der Waals surface area (Å²) < 4.78 is 25.4. The van der Waals surface area contributed by atoms with E-state index in [1.807, 2.05) is 0 Å². The van der Waals surface area contributed by atoms with Crippen LogP contribution in [0.3, 0.4) is 0 Å². The van der Waals surface area contributed by atoms with Crippen LogP contribution in [-0.4, -0.2) is 34.7 Å². The maximum absolute atomic E-state index is 12.7. The van der Waals surface area contributed by atoms with Gasteiger partial charge in [-0.2, -0.15) is 0 Å². The minimum Gasteiger partial charge on any atom is -0.506 e. The summed E-state index contributed by atoms with van der Waals surface area (Å²) in [6, 6.07) is 3.71. The van der Waals surface area contributed by atoms with E-state index in [-0.39, 0.29) is 32.5 Å². The summed E-state index contributed by atoms with van der Waals surface area (Å²) in [5, 5.41) is 12.9. The van der Waals surface area contributed by atoms with E-state index in [4.69, 9.17) is 0 Å². The standard InChI is InChI=1S/C17H17N3O5S2/c1-4-27(24,25)10-5-6-12(21)11(7-10)19-15(22)14-9(2)13-16(26-14)18-8-20(3)17(13)23/h5-8,21H,4H2,1-3H3,(H,19,22). The van der Waals surface area contributed by atoms with Crippen LogP contribution < -0.4 is 10.9 Å². The first-order valence-electron chi connectivity index (χ1n) is 7.97. The van der Waals surface area contributed by atoms with E-state index in [0.29, 0.717) is 15.8 Å². The van der Waals surface area contributed by atoms with E-state index < -0.39 is 15.7 Å². The quantitative estimate of drug-likeness (QED) is 0.639. The molecule has 1 aromatic carbocycles. The minimum absolute atomic E-state index is 0.00157. The number of aromatic nitrogens is 2. The van der Waals surface area contributed by atoms with Crippen LogP contribution in [0.4, 0.5) is 5.69 Å². The summed E-state index contributed by atoms with van der Waals surface area (Å²) in [7, 11) is -1.92. The molecule has 2 aromatic heterocycles. The van der Waals surface area contributed by atoms with Crippen molar-refractivity contribution in [1.29, 1.82) is 0 Å². The van der Waals surface area contributed by atoms with Gasteiger partial charge in [0.1, 0.15) is 10.6 Å². The van der Waals surface area contributed by atoms with Crippen LogP contribution in [0.15, 0.2) is 34.2 Å². The van der Waals surface area contributed by atoms with E-state index in [0.717, 1.165) is 11.3 Å². The lowest BCUT2D eigenvalue weighted by molar-refractivity contribution is 0.102. The zero-order valence-corrected chi connectivity index (χ0v) is 16.4. The summed E-state index contributed by atoms with van der Waals surface area (Å²) >= 11 is 1.06. The van der Waals surface area contributed by atoms with Gasteiger partial charge in [-0.15, -0.1) is 11.3 Å². The lowest BCUT2D eigenvalue weighted by Crippen LogP contribution is -2.17. The molecule has 0 atom stereocenters. The monoisotopic (exact) mass is 407 g/mol. The largest absolute Gasteiger partial charge is 0.506 e. The van der Waals surface area contributed by atoms with Crippen molar-refractivity contribution >= 4 is 43.0 Å². The Morgan fingerprint density at radius 1 is 1.37 bits per heavy atom. The smallest absolute Gasteiger partial charge is 0.266 e. The molecular formula is C17H17N3O5S2. The predicted octanol–water partition coefficient (Wildman–Crippen LogP) is 2.05. The van der Waals surface area contributed by atoms with Gasteiger partial charge in [0.05, 0.1) is 32.9 Å². The zero-order valence-electron chi connectivity index (χ0n) is 14.8. The average molecular weight is 407 g/mol. The zero-order chi connectivity index (χ0) is 19.9. The van der Waals surface area contributed by atoms with E-state index in [1.54, 1.807) is 14.0 Å². The Balaban J connectivity index is 2.03. The number of hydrogen-bond donors (Lipinski definition) is 2. The van der Waals surface area contributed by atoms with Gasteiger partial charge in [-0.25, -0.2) is 13.4 Å². The average Bonchev–Trinajstić information content (AvgIpc) is 2.97. The third-order valence-electron chi connectivity index (χ3n) is 4.17. The predicted molar refractivity (Wildman–Crippen MR) is 103 cm³/mol. The first-order valence-corrected chi connectivity index (χ1v) is 10.4. The molecule has 2 heterocycles. The highest BCUT2D eigenvalue weighted by molar-refractivity contribution is 7.91. The number of carbonyl (C=O) groups excluding carboxylic acids is 1. The van der Waals surface area contributed by atoms with Crippen molar-refractivity contribution in [3.63, 3.8) is 0 Å². The van der Waals surface area contributed by atoms with Crippen molar-refractivity contribution in [2.24, 2.45) is 7.05 Å². The Morgan fingerprint density at radius 2 is 2.07 bits per heavy atom. The first-order chi connectivity index (χ1) is 12.7. The number of hydrogen-bond acceptors (Lipinski definition) is 7. The second kappa shape index (κ2) is 6.78. The number of amides is 1. The van der Waals surface area contributed by atoms with Crippen molar-refractivity contribution in [3.05, 3.63) is 45.3 Å². The Morgan fingerprint density at radius 3 is 2.74 bits per heavy atom. The fraction of sp³-hybridized carbons (Fsp3) is 0.235. The normalized spacial score (nSPS) is 11.7. The number of anilines is 1. The molecule has 0 unspecified atom stereocenters. The van der Waals surface area contributed by atoms with Gasteiger partial charge < -0.3 is 15.0 Å². The molecule has 2 N–H and O–H groups in total. The second-order valence-electron chi connectivity index (χ2n) is 5.93. The summed E-state index contributed by atoms with van der Waals surface area (Å²) in [5.74, 6) is -0.916. The number of sulfone groups is 1. The van der Waals surface area contributed by atoms with Crippen molar-refractivity contribution in [3.8, 4) is 5.75 Å². The Hall–Kier alpha value is -2.72. The van der Waals surface area contributed by atoms with Gasteiger partial charge in [0.25, 0.3) is 11.5 Å². The van der Waals surface area contributed by atoms with Gasteiger partial charge >= 0.3 is 0 Å². The van der Waals surface area contributed by atoms with E-state index in [2.05, 4.69) is 10.3 Å². The fourth-order valence-electron chi connectivity index (χ4n) is 2.58. The third kappa shape index (κ3) is 3.33. The van der Waals surface area contributed by atoms with E-state index in [9.17, 15) is 23.1 Å². The highest BCUT2D eigenvalue weighted by Crippen LogP contribution is 2.31. The number of thiophene rings is 1. The number of rotatable bonds is 4. The Bertz CT molecular complexity index is 1230. The van der Waals surface area contributed by atoms with Gasteiger partial charge in [0.15, 0.2) is 9.84 Å². The van der Waals surface area contributed by atoms with Crippen molar-refractivity contribution in [1.82, 2.24) is 9.55 Å². The van der Waals surface area contributed by atoms with Crippen molar-refractivity contribution in [2.75, 3.05) is 11.1 Å². The molecule has 0 bridgehead atoms. The van der Waals surface area contributed by atoms with E-state index >= 15 is 0 Å². The Kier molecular flexibility index (Phi) is 4.79. The molecule has 0 spiro atoms. The molecule has 142 valence electrons. The summed E-state index contributed by atoms with van der Waals surface area (Å²) in [5.41, 5.74) is 0.206. The topological polar surface area (TPSA) is 118 Å². The van der Waals surface area contributed by atoms with Crippen LogP contribution in [0.25, 0.3) is 10.2 Å². The minimum atomic E-state index is -3.49. The third-order valence-corrected chi connectivity index (χ3v) is 7.10. The van der Waals surface area contributed by atoms with Crippen molar-refractivity contribution in [2.45, 2.75) is 18.7 Å². The molecule has 3 aromatic rings. The molecule has 0 aliphatic carbocycles. The molecule has 0 fully saturated rings. The van der Waals surface area contributed by atoms with Crippen LogP contribution in [0.2, 0.25) is 0 Å². The van der Waals surface area contributed by atoms with Gasteiger partial charge in [0.2, 0.25) is 0 Å². The number of benzene rings is 1. The number of carbonyl (C=O) groups is 1. The number of aryl methyl sites for hydroxylation is 2. The van der Waals surface area contributed by atoms with Crippen LogP contribution in [0.5, 0.6) is 5.75 Å². The molecule has 27 heavy (non-hydrogen) atoms. The number of nitrogens with zero attached hydrogens (tertiary/aromatic N) is 2. The van der Waals surface area contributed by atoms with E-state index in [1.165, 1.54) is 36.0 Å². The molecular weight excluding hydrogens is 390 g/mol. The van der Waals surface area contributed by atoms with Crippen LogP contribution in [-0.2, 0) is 16.9 Å². The molecule has 0 saturated carbocycles. The van der Waals surface area contributed by atoms with Gasteiger partial charge in [-0.05, 0) is 30.7 Å². The number of nitrogens with one attached hydrogen (secondary N) is 1. The molecule has 3 rings (SSSR count). The van der Waals surface area contributed by atoms with Gasteiger partial charge in [-0.3, -0.25) is 9.59 Å². The number of phenols is 1. The van der Waals surface area contributed by atoms with Crippen molar-refractivity contribution < 1.29 is 18.3 Å². The maximum Gasteiger partial charge on any atom is 0.266 e. The SMILES string of the molecule is CCS(=O)(=O)c1ccc(O)c(NC(=O)c2sc3ncn(C)c(=O)c3c2C)c1. The molecule has 0 saturated heterocycles. The van der Waals surface area contributed by atoms with Gasteiger partial charge in [0, 0.05) is 7.05 Å². The summed E-state index contributed by atoms with van der Waals surface area (Å²) in [6.45, 7) is 3.16. The molecule has 10 heteroatoms. The highest BCUT2D eigenvalue weighted by atomic mass is 32.2. The number of fused-ring (bicyclic) bond motifs is 1. The molecule has 1 amide bonds. The molecule has 0 aliphatic rings. The molecule has 0 aliphatic heterocycles. The van der Waals surface area contributed by atoms with Gasteiger partial charge in [-0.1, -0.05) is 6.92 Å². The molecule has 8 nitrogen and oxygen atoms in total.